The second kappa shape index (κ2) is 22.6. The van der Waals surface area contributed by atoms with E-state index < -0.39 is 18.1 Å². The Morgan fingerprint density at radius 3 is 2.27 bits per heavy atom. The van der Waals surface area contributed by atoms with Crippen LogP contribution in [0.5, 0.6) is 5.75 Å². The van der Waals surface area contributed by atoms with E-state index in [1.54, 1.807) is 67.7 Å². The van der Waals surface area contributed by atoms with Crippen LogP contribution in [0.1, 0.15) is 63.1 Å². The Morgan fingerprint density at radius 1 is 0.855 bits per heavy atom. The summed E-state index contributed by atoms with van der Waals surface area (Å²) in [4.78, 5) is 33.6. The van der Waals surface area contributed by atoms with Crippen LogP contribution in [0.4, 0.5) is 4.39 Å². The highest BCUT2D eigenvalue weighted by Crippen LogP contribution is 2.36. The van der Waals surface area contributed by atoms with Crippen LogP contribution in [-0.4, -0.2) is 115 Å². The summed E-state index contributed by atoms with van der Waals surface area (Å²) in [6.07, 6.45) is 13.0. The van der Waals surface area contributed by atoms with E-state index in [1.807, 2.05) is 30.3 Å². The summed E-state index contributed by atoms with van der Waals surface area (Å²) in [6, 6.07) is 11.2. The minimum absolute atomic E-state index is 0.0368. The number of alkyl halides is 1. The third-order valence-corrected chi connectivity index (χ3v) is 12.3. The predicted octanol–water partition coefficient (Wildman–Crippen LogP) is 7.17. The van der Waals surface area contributed by atoms with Gasteiger partial charge in [-0.1, -0.05) is 0 Å². The molecule has 2 aliphatic rings. The summed E-state index contributed by atoms with van der Waals surface area (Å²) in [7, 11) is 1.59. The zero-order chi connectivity index (χ0) is 38.8. The van der Waals surface area contributed by atoms with E-state index in [2.05, 4.69) is 35.2 Å². The number of piperidine rings is 2. The number of hydrogen-bond donors (Lipinski definition) is 2. The average molecular weight is 794 g/mol. The van der Waals surface area contributed by atoms with Gasteiger partial charge >= 0.3 is 11.9 Å². The van der Waals surface area contributed by atoms with E-state index in [4.69, 9.17) is 9.84 Å². The molecule has 1 aromatic carbocycles. The molecule has 0 bridgehead atoms. The number of carboxylic acids is 2. The smallest absolute Gasteiger partial charge is 0.303 e. The molecular formula is C40H52FN7O5S2. The van der Waals surface area contributed by atoms with Gasteiger partial charge in [-0.25, -0.2) is 4.39 Å². The van der Waals surface area contributed by atoms with Crippen molar-refractivity contribution in [3.63, 3.8) is 0 Å². The lowest BCUT2D eigenvalue weighted by Gasteiger charge is -2.38. The second-order valence-electron chi connectivity index (χ2n) is 14.1. The molecule has 2 fully saturated rings. The maximum Gasteiger partial charge on any atom is 0.303 e. The number of hydrogen-bond acceptors (Lipinski definition) is 12. The Bertz CT molecular complexity index is 1770. The first kappa shape index (κ1) is 42.2. The molecule has 6 rings (SSSR count). The molecule has 5 heterocycles. The van der Waals surface area contributed by atoms with Gasteiger partial charge in [0.2, 0.25) is 0 Å². The fourth-order valence-electron chi connectivity index (χ4n) is 7.52. The Hall–Kier alpha value is -3.92. The number of thioether (sulfide) groups is 2. The van der Waals surface area contributed by atoms with Crippen LogP contribution in [0.25, 0.3) is 10.9 Å². The molecular weight excluding hydrogens is 742 g/mol. The van der Waals surface area contributed by atoms with E-state index in [-0.39, 0.29) is 18.3 Å². The highest BCUT2D eigenvalue weighted by atomic mass is 32.2. The minimum atomic E-state index is -1.13. The molecule has 296 valence electrons. The van der Waals surface area contributed by atoms with Gasteiger partial charge in [0.15, 0.2) is 0 Å². The Kier molecular flexibility index (Phi) is 17.3. The summed E-state index contributed by atoms with van der Waals surface area (Å²) in [5.41, 5.74) is 1.36. The Morgan fingerprint density at radius 2 is 1.58 bits per heavy atom. The maximum absolute atomic E-state index is 15.5. The van der Waals surface area contributed by atoms with Crippen molar-refractivity contribution >= 4 is 46.4 Å². The second-order valence-corrected chi connectivity index (χ2v) is 16.5. The summed E-state index contributed by atoms with van der Waals surface area (Å²) in [6.45, 7) is 5.63. The molecule has 0 aliphatic carbocycles. The number of methoxy groups -OCH3 is 1. The molecule has 4 atom stereocenters. The van der Waals surface area contributed by atoms with Gasteiger partial charge in [0, 0.05) is 59.6 Å². The van der Waals surface area contributed by atoms with Gasteiger partial charge in [-0.15, -0.1) is 23.5 Å². The first-order valence-corrected chi connectivity index (χ1v) is 21.0. The molecule has 12 nitrogen and oxygen atoms in total. The molecule has 2 saturated heterocycles. The van der Waals surface area contributed by atoms with Gasteiger partial charge < -0.3 is 24.7 Å². The lowest BCUT2D eigenvalue weighted by Crippen LogP contribution is -2.42. The van der Waals surface area contributed by atoms with Crippen LogP contribution >= 0.6 is 23.5 Å². The first-order chi connectivity index (χ1) is 26.8. The zero-order valence-corrected chi connectivity index (χ0v) is 33.1. The summed E-state index contributed by atoms with van der Waals surface area (Å²) in [5, 5.41) is 34.4. The van der Waals surface area contributed by atoms with Gasteiger partial charge in [-0.2, -0.15) is 20.4 Å². The number of ether oxygens (including phenoxy) is 1. The largest absolute Gasteiger partial charge is 0.497 e. The van der Waals surface area contributed by atoms with Gasteiger partial charge in [-0.05, 0) is 124 Å². The number of aliphatic carboxylic acids is 2. The summed E-state index contributed by atoms with van der Waals surface area (Å²) < 4.78 is 20.8. The molecule has 0 amide bonds. The molecule has 55 heavy (non-hydrogen) atoms. The molecule has 3 aromatic heterocycles. The van der Waals surface area contributed by atoms with Crippen LogP contribution in [0.2, 0.25) is 0 Å². The number of rotatable bonds is 18. The maximum atomic E-state index is 15.5. The van der Waals surface area contributed by atoms with Gasteiger partial charge in [-0.3, -0.25) is 14.6 Å². The Balaban J connectivity index is 0.000000256. The first-order valence-electron chi connectivity index (χ1n) is 19.0. The molecule has 0 saturated carbocycles. The Labute approximate surface area is 331 Å². The van der Waals surface area contributed by atoms with E-state index in [0.29, 0.717) is 36.5 Å². The third-order valence-electron chi connectivity index (χ3n) is 10.3. The van der Waals surface area contributed by atoms with Crippen molar-refractivity contribution in [3.8, 4) is 5.75 Å². The van der Waals surface area contributed by atoms with Crippen molar-refractivity contribution in [3.05, 3.63) is 72.9 Å². The monoisotopic (exact) mass is 793 g/mol. The van der Waals surface area contributed by atoms with Crippen molar-refractivity contribution in [2.75, 3.05) is 57.9 Å². The van der Waals surface area contributed by atoms with Gasteiger partial charge in [0.1, 0.15) is 11.9 Å². The number of aromatic nitrogens is 5. The molecule has 2 aliphatic heterocycles. The predicted molar refractivity (Wildman–Crippen MR) is 213 cm³/mol. The van der Waals surface area contributed by atoms with E-state index in [9.17, 15) is 14.7 Å². The van der Waals surface area contributed by atoms with Crippen molar-refractivity contribution in [1.82, 2.24) is 35.2 Å². The summed E-state index contributed by atoms with van der Waals surface area (Å²) in [5.74, 6) is 1.76. The SMILES string of the molecule is COc1ccc2nccc(C(F)CC[C@@H]3CCN(CCCSc4ccnnc4)C[C@@H]3CC(=O)O)c2c1.O=C(O)CC1CCCN(CCSc2ccnnc2)C1. The molecule has 0 radical (unpaired) electrons. The standard InChI is InChI=1S/C27H33FN4O3S.C13H19N3O2S/c1-35-21-4-6-26-24(16-21)23(8-10-29-26)25(28)5-3-19-9-13-32(18-20(19)15-27(33)34)12-2-14-36-22-7-11-30-31-17-22;17-13(18)8-11-2-1-5-16(10-11)6-7-19-12-3-4-14-15-9-12/h4,6-8,10-11,16-17,19-20,25H,2-3,5,9,12-15,18H2,1H3,(H,33,34);3-4,9,11H,1-2,5-8,10H2,(H,17,18)/t19-,20+,25?;/m1./s1. The molecule has 15 heteroatoms. The number of carbonyl (C=O) groups is 2. The number of carboxylic acid groups (broad SMARTS) is 2. The van der Waals surface area contributed by atoms with E-state index >= 15 is 4.39 Å². The van der Waals surface area contributed by atoms with Crippen LogP contribution < -0.4 is 4.74 Å². The lowest BCUT2D eigenvalue weighted by molar-refractivity contribution is -0.140. The quantitative estimate of drug-likeness (QED) is 0.0772. The highest BCUT2D eigenvalue weighted by Gasteiger charge is 2.31. The van der Waals surface area contributed by atoms with Crippen LogP contribution in [0.3, 0.4) is 0 Å². The van der Waals surface area contributed by atoms with Crippen molar-refractivity contribution in [1.29, 1.82) is 0 Å². The lowest BCUT2D eigenvalue weighted by atomic mass is 9.79. The van der Waals surface area contributed by atoms with Crippen molar-refractivity contribution < 1.29 is 28.9 Å². The van der Waals surface area contributed by atoms with E-state index in [1.165, 1.54) is 0 Å². The van der Waals surface area contributed by atoms with E-state index in [0.717, 1.165) is 97.2 Å². The topological polar surface area (TPSA) is 155 Å². The number of fused-ring (bicyclic) bond motifs is 1. The molecule has 0 spiro atoms. The van der Waals surface area contributed by atoms with Crippen LogP contribution in [0.15, 0.2) is 77.2 Å². The summed E-state index contributed by atoms with van der Waals surface area (Å²) >= 11 is 3.52. The highest BCUT2D eigenvalue weighted by molar-refractivity contribution is 7.99. The average Bonchev–Trinajstić information content (AvgIpc) is 3.19. The number of pyridine rings is 1. The van der Waals surface area contributed by atoms with Crippen molar-refractivity contribution in [2.45, 2.75) is 67.3 Å². The van der Waals surface area contributed by atoms with Crippen LogP contribution in [-0.2, 0) is 9.59 Å². The van der Waals surface area contributed by atoms with Gasteiger partial charge in [0.05, 0.1) is 37.4 Å². The number of halogens is 1. The number of nitrogens with zero attached hydrogens (tertiary/aromatic N) is 7. The molecule has 2 unspecified atom stereocenters. The van der Waals surface area contributed by atoms with Gasteiger partial charge in [0.25, 0.3) is 0 Å². The number of benzene rings is 1. The fraction of sp³-hybridized carbons (Fsp3) is 0.525. The van der Waals surface area contributed by atoms with Crippen LogP contribution in [0, 0.1) is 17.8 Å². The third kappa shape index (κ3) is 14.3. The molecule has 4 aromatic rings. The number of likely N-dealkylation sites (tertiary alicyclic amines) is 2. The fourth-order valence-corrected chi connectivity index (χ4v) is 9.18. The van der Waals surface area contributed by atoms with Crippen molar-refractivity contribution in [2.24, 2.45) is 17.8 Å². The minimum Gasteiger partial charge on any atom is -0.497 e. The normalized spacial score (nSPS) is 19.6. The molecule has 2 N–H and O–H groups in total. The zero-order valence-electron chi connectivity index (χ0n) is 31.4.